The minimum atomic E-state index is -0.373. The molecule has 1 saturated heterocycles. The van der Waals surface area contributed by atoms with Crippen LogP contribution in [0, 0.1) is 10.1 Å². The molecule has 6 nitrogen and oxygen atoms in total. The molecule has 1 unspecified atom stereocenters. The fourth-order valence-corrected chi connectivity index (χ4v) is 2.51. The van der Waals surface area contributed by atoms with Crippen LogP contribution in [0.1, 0.15) is 19.8 Å². The zero-order chi connectivity index (χ0) is 14.5. The Morgan fingerprint density at radius 3 is 2.75 bits per heavy atom. The lowest BCUT2D eigenvalue weighted by Gasteiger charge is -2.24. The van der Waals surface area contributed by atoms with Crippen LogP contribution in [0.5, 0.6) is 5.75 Å². The van der Waals surface area contributed by atoms with Gasteiger partial charge in [0.25, 0.3) is 5.69 Å². The molecule has 1 fully saturated rings. The van der Waals surface area contributed by atoms with Crippen LogP contribution in [0.3, 0.4) is 0 Å². The molecule has 20 heavy (non-hydrogen) atoms. The smallest absolute Gasteiger partial charge is 0.292 e. The summed E-state index contributed by atoms with van der Waals surface area (Å²) < 4.78 is 5.12. The molecule has 1 aliphatic heterocycles. The first kappa shape index (κ1) is 14.6. The van der Waals surface area contributed by atoms with E-state index in [-0.39, 0.29) is 10.6 Å². The van der Waals surface area contributed by atoms with Crippen LogP contribution in [0.4, 0.5) is 11.4 Å². The molecular formula is C14H21N3O3. The molecular weight excluding hydrogens is 258 g/mol. The lowest BCUT2D eigenvalue weighted by atomic mass is 10.2. The van der Waals surface area contributed by atoms with Crippen molar-refractivity contribution in [3.8, 4) is 5.75 Å². The molecule has 0 spiro atoms. The third-order valence-corrected chi connectivity index (χ3v) is 3.75. The van der Waals surface area contributed by atoms with Gasteiger partial charge in [-0.15, -0.1) is 0 Å². The first-order valence-corrected chi connectivity index (χ1v) is 6.92. The third-order valence-electron chi connectivity index (χ3n) is 3.75. The highest BCUT2D eigenvalue weighted by Gasteiger charge is 2.20. The molecule has 1 aliphatic rings. The van der Waals surface area contributed by atoms with Gasteiger partial charge in [0.1, 0.15) is 11.4 Å². The molecule has 0 saturated carbocycles. The number of benzene rings is 1. The summed E-state index contributed by atoms with van der Waals surface area (Å²) in [6.07, 6.45) is 2.48. The van der Waals surface area contributed by atoms with Gasteiger partial charge in [-0.1, -0.05) is 0 Å². The molecule has 110 valence electrons. The highest BCUT2D eigenvalue weighted by atomic mass is 16.6. The summed E-state index contributed by atoms with van der Waals surface area (Å²) in [5.41, 5.74) is 0.597. The van der Waals surface area contributed by atoms with Crippen LogP contribution >= 0.6 is 0 Å². The number of nitrogens with one attached hydrogen (secondary N) is 1. The number of hydrogen-bond acceptors (Lipinski definition) is 5. The Labute approximate surface area is 118 Å². The van der Waals surface area contributed by atoms with E-state index in [1.165, 1.54) is 18.9 Å². The molecule has 1 atom stereocenters. The third kappa shape index (κ3) is 3.39. The summed E-state index contributed by atoms with van der Waals surface area (Å²) in [6, 6.07) is 5.12. The van der Waals surface area contributed by atoms with Crippen LogP contribution in [0.15, 0.2) is 18.2 Å². The van der Waals surface area contributed by atoms with Gasteiger partial charge in [-0.3, -0.25) is 15.0 Å². The number of anilines is 1. The lowest BCUT2D eigenvalue weighted by Crippen LogP contribution is -2.35. The van der Waals surface area contributed by atoms with E-state index in [0.29, 0.717) is 24.0 Å². The van der Waals surface area contributed by atoms with Gasteiger partial charge in [0.15, 0.2) is 0 Å². The predicted molar refractivity (Wildman–Crippen MR) is 78.4 cm³/mol. The second-order valence-electron chi connectivity index (χ2n) is 5.11. The second-order valence-corrected chi connectivity index (χ2v) is 5.11. The van der Waals surface area contributed by atoms with Gasteiger partial charge in [0.05, 0.1) is 12.0 Å². The Morgan fingerprint density at radius 2 is 2.15 bits per heavy atom. The van der Waals surface area contributed by atoms with E-state index in [9.17, 15) is 10.1 Å². The normalized spacial score (nSPS) is 16.9. The summed E-state index contributed by atoms with van der Waals surface area (Å²) in [6.45, 7) is 5.06. The molecule has 6 heteroatoms. The molecule has 0 bridgehead atoms. The summed E-state index contributed by atoms with van der Waals surface area (Å²) in [4.78, 5) is 13.1. The topological polar surface area (TPSA) is 67.6 Å². The maximum Gasteiger partial charge on any atom is 0.292 e. The van der Waals surface area contributed by atoms with Crippen LogP contribution in [-0.2, 0) is 0 Å². The van der Waals surface area contributed by atoms with Crippen molar-refractivity contribution in [1.29, 1.82) is 0 Å². The van der Waals surface area contributed by atoms with Crippen molar-refractivity contribution >= 4 is 11.4 Å². The van der Waals surface area contributed by atoms with Gasteiger partial charge in [-0.25, -0.2) is 0 Å². The molecule has 0 aromatic heterocycles. The molecule has 1 N–H and O–H groups in total. The summed E-state index contributed by atoms with van der Waals surface area (Å²) in [5, 5.41) is 14.2. The van der Waals surface area contributed by atoms with Crippen LogP contribution in [0.25, 0.3) is 0 Å². The highest BCUT2D eigenvalue weighted by molar-refractivity contribution is 5.64. The van der Waals surface area contributed by atoms with Gasteiger partial charge in [-0.05, 0) is 38.9 Å². The molecule has 0 radical (unpaired) electrons. The lowest BCUT2D eigenvalue weighted by molar-refractivity contribution is -0.384. The predicted octanol–water partition coefficient (Wildman–Crippen LogP) is 2.50. The first-order valence-electron chi connectivity index (χ1n) is 6.92. The number of likely N-dealkylation sites (tertiary alicyclic amines) is 1. The van der Waals surface area contributed by atoms with Crippen molar-refractivity contribution < 1.29 is 9.66 Å². The molecule has 0 aliphatic carbocycles. The minimum absolute atomic E-state index is 0.0828. The Kier molecular flexibility index (Phi) is 4.79. The van der Waals surface area contributed by atoms with Crippen LogP contribution < -0.4 is 10.1 Å². The zero-order valence-corrected chi connectivity index (χ0v) is 12.0. The number of nitro benzene ring substituents is 1. The number of methoxy groups -OCH3 is 1. The number of hydrogen-bond donors (Lipinski definition) is 1. The quantitative estimate of drug-likeness (QED) is 0.640. The van der Waals surface area contributed by atoms with E-state index in [0.717, 1.165) is 13.1 Å². The Bertz CT molecular complexity index is 473. The highest BCUT2D eigenvalue weighted by Crippen LogP contribution is 2.29. The molecule has 0 amide bonds. The SMILES string of the molecule is COc1ccc([N+](=O)[O-])c(NCC(C)N2CCCC2)c1. The van der Waals surface area contributed by atoms with Crippen molar-refractivity contribution in [2.24, 2.45) is 0 Å². The molecule has 2 rings (SSSR count). The maximum atomic E-state index is 11.0. The van der Waals surface area contributed by atoms with E-state index < -0.39 is 0 Å². The number of nitro groups is 1. The molecule has 1 aromatic carbocycles. The van der Waals surface area contributed by atoms with Crippen molar-refractivity contribution in [2.75, 3.05) is 32.1 Å². The van der Waals surface area contributed by atoms with Crippen LogP contribution in [-0.4, -0.2) is 42.6 Å². The standard InChI is InChI=1S/C14H21N3O3/c1-11(16-7-3-4-8-16)10-15-13-9-12(20-2)5-6-14(13)17(18)19/h5-6,9,11,15H,3-4,7-8,10H2,1-2H3. The first-order chi connectivity index (χ1) is 9.61. The summed E-state index contributed by atoms with van der Waals surface area (Å²) >= 11 is 0. The van der Waals surface area contributed by atoms with Crippen molar-refractivity contribution in [3.05, 3.63) is 28.3 Å². The van der Waals surface area contributed by atoms with Gasteiger partial charge < -0.3 is 10.1 Å². The fourth-order valence-electron chi connectivity index (χ4n) is 2.51. The molecule has 1 heterocycles. The second kappa shape index (κ2) is 6.56. The Morgan fingerprint density at radius 1 is 1.45 bits per heavy atom. The van der Waals surface area contributed by atoms with Crippen LogP contribution in [0.2, 0.25) is 0 Å². The van der Waals surface area contributed by atoms with E-state index in [1.54, 1.807) is 19.2 Å². The van der Waals surface area contributed by atoms with E-state index >= 15 is 0 Å². The van der Waals surface area contributed by atoms with Gasteiger partial charge in [0.2, 0.25) is 0 Å². The fraction of sp³-hybridized carbons (Fsp3) is 0.571. The Hall–Kier alpha value is -1.82. The number of nitrogens with zero attached hydrogens (tertiary/aromatic N) is 2. The average Bonchev–Trinajstić information content (AvgIpc) is 2.98. The Balaban J connectivity index is 2.04. The minimum Gasteiger partial charge on any atom is -0.497 e. The van der Waals surface area contributed by atoms with Crippen molar-refractivity contribution in [3.63, 3.8) is 0 Å². The van der Waals surface area contributed by atoms with Gasteiger partial charge >= 0.3 is 0 Å². The summed E-state index contributed by atoms with van der Waals surface area (Å²) in [7, 11) is 1.55. The van der Waals surface area contributed by atoms with Crippen molar-refractivity contribution in [1.82, 2.24) is 4.90 Å². The van der Waals surface area contributed by atoms with Gasteiger partial charge in [0, 0.05) is 24.7 Å². The average molecular weight is 279 g/mol. The molecule has 1 aromatic rings. The monoisotopic (exact) mass is 279 g/mol. The van der Waals surface area contributed by atoms with Crippen molar-refractivity contribution in [2.45, 2.75) is 25.8 Å². The zero-order valence-electron chi connectivity index (χ0n) is 12.0. The largest absolute Gasteiger partial charge is 0.497 e. The number of rotatable bonds is 6. The maximum absolute atomic E-state index is 11.0. The van der Waals surface area contributed by atoms with E-state index in [2.05, 4.69) is 17.1 Å². The van der Waals surface area contributed by atoms with Gasteiger partial charge in [-0.2, -0.15) is 0 Å². The van der Waals surface area contributed by atoms with E-state index in [4.69, 9.17) is 4.74 Å². The number of ether oxygens (including phenoxy) is 1. The van der Waals surface area contributed by atoms with E-state index in [1.807, 2.05) is 0 Å². The summed E-state index contributed by atoms with van der Waals surface area (Å²) in [5.74, 6) is 0.618.